The van der Waals surface area contributed by atoms with Crippen molar-refractivity contribution in [3.8, 4) is 0 Å². The van der Waals surface area contributed by atoms with Crippen molar-refractivity contribution < 1.29 is 0 Å². The minimum Gasteiger partial charge on any atom is -0.352 e. The summed E-state index contributed by atoms with van der Waals surface area (Å²) in [5.41, 5.74) is 5.45. The lowest BCUT2D eigenvalue weighted by Crippen LogP contribution is -2.38. The summed E-state index contributed by atoms with van der Waals surface area (Å²) >= 11 is 0. The Morgan fingerprint density at radius 1 is 1.50 bits per heavy atom. The highest BCUT2D eigenvalue weighted by atomic mass is 16.1. The predicted octanol–water partition coefficient (Wildman–Crippen LogP) is 0.335. The minimum atomic E-state index is -0.0974. The first-order valence-corrected chi connectivity index (χ1v) is 5.80. The van der Waals surface area contributed by atoms with E-state index in [-0.39, 0.29) is 5.56 Å². The van der Waals surface area contributed by atoms with E-state index in [2.05, 4.69) is 14.9 Å². The smallest absolute Gasteiger partial charge is 0.290 e. The zero-order chi connectivity index (χ0) is 11.4. The van der Waals surface area contributed by atoms with Crippen LogP contribution in [0.1, 0.15) is 19.3 Å². The molecule has 0 saturated carbocycles. The van der Waals surface area contributed by atoms with Crippen LogP contribution in [0.4, 0.5) is 5.82 Å². The number of hydrogen-bond donors (Lipinski definition) is 2. The van der Waals surface area contributed by atoms with E-state index in [0.717, 1.165) is 38.9 Å². The summed E-state index contributed by atoms with van der Waals surface area (Å²) in [7, 11) is 0. The van der Waals surface area contributed by atoms with E-state index in [0.29, 0.717) is 11.7 Å². The SMILES string of the molecule is NCCC1CCN(c2ncc[nH]c2=O)CC1. The van der Waals surface area contributed by atoms with Gasteiger partial charge in [-0.15, -0.1) is 0 Å². The summed E-state index contributed by atoms with van der Waals surface area (Å²) in [5.74, 6) is 1.26. The molecule has 1 saturated heterocycles. The molecule has 0 aliphatic carbocycles. The maximum absolute atomic E-state index is 11.5. The molecule has 2 heterocycles. The van der Waals surface area contributed by atoms with E-state index in [1.165, 1.54) is 0 Å². The van der Waals surface area contributed by atoms with Crippen LogP contribution in [-0.2, 0) is 0 Å². The third-order valence-electron chi connectivity index (χ3n) is 3.18. The predicted molar refractivity (Wildman–Crippen MR) is 63.5 cm³/mol. The van der Waals surface area contributed by atoms with E-state index in [9.17, 15) is 4.79 Å². The molecular weight excluding hydrogens is 204 g/mol. The second kappa shape index (κ2) is 5.12. The van der Waals surface area contributed by atoms with Gasteiger partial charge in [-0.05, 0) is 31.7 Å². The molecule has 5 nitrogen and oxygen atoms in total. The molecule has 0 radical (unpaired) electrons. The Morgan fingerprint density at radius 3 is 2.88 bits per heavy atom. The van der Waals surface area contributed by atoms with E-state index in [1.54, 1.807) is 12.4 Å². The molecule has 88 valence electrons. The van der Waals surface area contributed by atoms with Crippen molar-refractivity contribution in [1.29, 1.82) is 0 Å². The second-order valence-electron chi connectivity index (χ2n) is 4.25. The topological polar surface area (TPSA) is 75.0 Å². The van der Waals surface area contributed by atoms with Gasteiger partial charge in [0.25, 0.3) is 5.56 Å². The number of anilines is 1. The summed E-state index contributed by atoms with van der Waals surface area (Å²) in [6.45, 7) is 2.57. The Labute approximate surface area is 94.7 Å². The second-order valence-corrected chi connectivity index (χ2v) is 4.25. The van der Waals surface area contributed by atoms with Crippen LogP contribution in [0.5, 0.6) is 0 Å². The molecule has 16 heavy (non-hydrogen) atoms. The van der Waals surface area contributed by atoms with Gasteiger partial charge in [0, 0.05) is 25.5 Å². The molecule has 0 amide bonds. The summed E-state index contributed by atoms with van der Waals surface area (Å²) in [6, 6.07) is 0. The number of piperidine rings is 1. The maximum Gasteiger partial charge on any atom is 0.290 e. The molecule has 3 N–H and O–H groups in total. The van der Waals surface area contributed by atoms with Gasteiger partial charge in [0.05, 0.1) is 0 Å². The number of aromatic nitrogens is 2. The van der Waals surface area contributed by atoms with Crippen molar-refractivity contribution in [2.45, 2.75) is 19.3 Å². The van der Waals surface area contributed by atoms with Crippen molar-refractivity contribution in [3.63, 3.8) is 0 Å². The van der Waals surface area contributed by atoms with Crippen molar-refractivity contribution in [1.82, 2.24) is 9.97 Å². The number of aromatic amines is 1. The van der Waals surface area contributed by atoms with Crippen LogP contribution in [0.15, 0.2) is 17.2 Å². The lowest BCUT2D eigenvalue weighted by atomic mass is 9.94. The number of H-pyrrole nitrogens is 1. The molecule has 0 bridgehead atoms. The van der Waals surface area contributed by atoms with Gasteiger partial charge in [-0.3, -0.25) is 4.79 Å². The van der Waals surface area contributed by atoms with Crippen molar-refractivity contribution in [2.75, 3.05) is 24.5 Å². The molecule has 1 aliphatic heterocycles. The summed E-state index contributed by atoms with van der Waals surface area (Å²) in [6.07, 6.45) is 6.49. The van der Waals surface area contributed by atoms with Crippen LogP contribution in [0.3, 0.4) is 0 Å². The normalized spacial score (nSPS) is 17.7. The fourth-order valence-corrected chi connectivity index (χ4v) is 2.24. The van der Waals surface area contributed by atoms with Gasteiger partial charge in [-0.1, -0.05) is 0 Å². The standard InChI is InChI=1S/C11H18N4O/c12-4-1-9-2-7-15(8-3-9)10-11(16)14-6-5-13-10/h5-6,9H,1-4,7-8,12H2,(H,14,16). The molecule has 0 spiro atoms. The molecule has 1 fully saturated rings. The van der Waals surface area contributed by atoms with Gasteiger partial charge in [-0.2, -0.15) is 0 Å². The van der Waals surface area contributed by atoms with E-state index >= 15 is 0 Å². The van der Waals surface area contributed by atoms with E-state index in [4.69, 9.17) is 5.73 Å². The van der Waals surface area contributed by atoms with Crippen molar-refractivity contribution >= 4 is 5.82 Å². The van der Waals surface area contributed by atoms with E-state index in [1.807, 2.05) is 0 Å². The van der Waals surface area contributed by atoms with Crippen LogP contribution in [-0.4, -0.2) is 29.6 Å². The molecule has 0 atom stereocenters. The number of nitrogens with one attached hydrogen (secondary N) is 1. The molecule has 0 unspecified atom stereocenters. The molecular formula is C11H18N4O. The lowest BCUT2D eigenvalue weighted by molar-refractivity contribution is 0.384. The van der Waals surface area contributed by atoms with E-state index < -0.39 is 0 Å². The zero-order valence-corrected chi connectivity index (χ0v) is 9.35. The number of nitrogens with zero attached hydrogens (tertiary/aromatic N) is 2. The molecule has 2 rings (SSSR count). The number of nitrogens with two attached hydrogens (primary N) is 1. The van der Waals surface area contributed by atoms with Crippen LogP contribution in [0.25, 0.3) is 0 Å². The highest BCUT2D eigenvalue weighted by Crippen LogP contribution is 2.21. The maximum atomic E-state index is 11.5. The average molecular weight is 222 g/mol. The average Bonchev–Trinajstić information content (AvgIpc) is 2.31. The van der Waals surface area contributed by atoms with Crippen LogP contribution >= 0.6 is 0 Å². The molecule has 1 aliphatic rings. The van der Waals surface area contributed by atoms with Gasteiger partial charge in [-0.25, -0.2) is 4.98 Å². The first-order chi connectivity index (χ1) is 7.81. The molecule has 0 aromatic carbocycles. The zero-order valence-electron chi connectivity index (χ0n) is 9.35. The number of hydrogen-bond acceptors (Lipinski definition) is 4. The fraction of sp³-hybridized carbons (Fsp3) is 0.636. The largest absolute Gasteiger partial charge is 0.352 e. The Hall–Kier alpha value is -1.36. The van der Waals surface area contributed by atoms with Gasteiger partial charge in [0.1, 0.15) is 0 Å². The highest BCUT2D eigenvalue weighted by molar-refractivity contribution is 5.35. The highest BCUT2D eigenvalue weighted by Gasteiger charge is 2.20. The van der Waals surface area contributed by atoms with Crippen molar-refractivity contribution in [2.24, 2.45) is 11.7 Å². The minimum absolute atomic E-state index is 0.0974. The Morgan fingerprint density at radius 2 is 2.25 bits per heavy atom. The quantitative estimate of drug-likeness (QED) is 0.773. The van der Waals surface area contributed by atoms with Gasteiger partial charge in [0.15, 0.2) is 5.82 Å². The lowest BCUT2D eigenvalue weighted by Gasteiger charge is -2.31. The molecule has 1 aromatic rings. The van der Waals surface area contributed by atoms with Crippen LogP contribution < -0.4 is 16.2 Å². The Kier molecular flexibility index (Phi) is 3.56. The third kappa shape index (κ3) is 2.41. The number of rotatable bonds is 3. The van der Waals surface area contributed by atoms with Gasteiger partial charge in [0.2, 0.25) is 0 Å². The van der Waals surface area contributed by atoms with Crippen molar-refractivity contribution in [3.05, 3.63) is 22.7 Å². The fourth-order valence-electron chi connectivity index (χ4n) is 2.24. The summed E-state index contributed by atoms with van der Waals surface area (Å²) in [5, 5.41) is 0. The Balaban J connectivity index is 1.99. The summed E-state index contributed by atoms with van der Waals surface area (Å²) < 4.78 is 0. The van der Waals surface area contributed by atoms with Crippen LogP contribution in [0, 0.1) is 5.92 Å². The third-order valence-corrected chi connectivity index (χ3v) is 3.18. The Bertz CT molecular complexity index is 382. The van der Waals surface area contributed by atoms with Gasteiger partial charge >= 0.3 is 0 Å². The molecule has 5 heteroatoms. The first-order valence-electron chi connectivity index (χ1n) is 5.80. The van der Waals surface area contributed by atoms with Crippen LogP contribution in [0.2, 0.25) is 0 Å². The van der Waals surface area contributed by atoms with Gasteiger partial charge < -0.3 is 15.6 Å². The molecule has 1 aromatic heterocycles. The monoisotopic (exact) mass is 222 g/mol. The first kappa shape index (κ1) is 11.1. The summed E-state index contributed by atoms with van der Waals surface area (Å²) in [4.78, 5) is 20.4.